The first-order valence-corrected chi connectivity index (χ1v) is 11.6. The van der Waals surface area contributed by atoms with E-state index < -0.39 is 0 Å². The van der Waals surface area contributed by atoms with Gasteiger partial charge in [-0.25, -0.2) is 9.78 Å². The van der Waals surface area contributed by atoms with E-state index in [9.17, 15) is 9.59 Å². The van der Waals surface area contributed by atoms with Crippen LogP contribution >= 0.6 is 11.3 Å². The Morgan fingerprint density at radius 2 is 1.72 bits per heavy atom. The van der Waals surface area contributed by atoms with Crippen LogP contribution in [0, 0.1) is 0 Å². The van der Waals surface area contributed by atoms with Crippen LogP contribution in [0.25, 0.3) is 11.3 Å². The van der Waals surface area contributed by atoms with Crippen LogP contribution in [0.5, 0.6) is 0 Å². The van der Waals surface area contributed by atoms with Gasteiger partial charge in [-0.05, 0) is 31.9 Å². The fourth-order valence-electron chi connectivity index (χ4n) is 3.63. The Morgan fingerprint density at radius 3 is 2.38 bits per heavy atom. The summed E-state index contributed by atoms with van der Waals surface area (Å²) in [6.45, 7) is 3.46. The SMILES string of the molecule is CCOC(=O)N1CCC(Nc2nc(-c3ccccc3)c(C(=O)Nc3ccccc3)s2)CC1. The summed E-state index contributed by atoms with van der Waals surface area (Å²) in [6.07, 6.45) is 1.33. The lowest BCUT2D eigenvalue weighted by Gasteiger charge is -2.31. The molecule has 0 aliphatic carbocycles. The van der Waals surface area contributed by atoms with E-state index in [1.165, 1.54) is 11.3 Å². The number of thiazole rings is 1. The second kappa shape index (κ2) is 10.3. The Hall–Kier alpha value is -3.39. The van der Waals surface area contributed by atoms with E-state index in [4.69, 9.17) is 9.72 Å². The summed E-state index contributed by atoms with van der Waals surface area (Å²) < 4.78 is 5.09. The number of carbonyl (C=O) groups excluding carboxylic acids is 2. The van der Waals surface area contributed by atoms with Gasteiger partial charge < -0.3 is 20.3 Å². The molecule has 8 heteroatoms. The first-order chi connectivity index (χ1) is 15.6. The van der Waals surface area contributed by atoms with Crippen molar-refractivity contribution in [1.82, 2.24) is 9.88 Å². The molecule has 3 aromatic rings. The van der Waals surface area contributed by atoms with Crippen LogP contribution in [-0.2, 0) is 4.74 Å². The Kier molecular flexibility index (Phi) is 7.01. The summed E-state index contributed by atoms with van der Waals surface area (Å²) in [4.78, 5) is 32.0. The number of piperidine rings is 1. The summed E-state index contributed by atoms with van der Waals surface area (Å²) in [6, 6.07) is 19.3. The fourth-order valence-corrected chi connectivity index (χ4v) is 4.59. The third-order valence-corrected chi connectivity index (χ3v) is 6.25. The van der Waals surface area contributed by atoms with Crippen LogP contribution in [0.3, 0.4) is 0 Å². The maximum Gasteiger partial charge on any atom is 0.409 e. The molecule has 2 aromatic carbocycles. The highest BCUT2D eigenvalue weighted by Crippen LogP contribution is 2.33. The predicted octanol–water partition coefficient (Wildman–Crippen LogP) is 5.10. The Balaban J connectivity index is 1.50. The van der Waals surface area contributed by atoms with Gasteiger partial charge in [0.2, 0.25) is 0 Å². The lowest BCUT2D eigenvalue weighted by atomic mass is 10.1. The van der Waals surface area contributed by atoms with Gasteiger partial charge in [-0.15, -0.1) is 0 Å². The number of amides is 2. The number of nitrogens with zero attached hydrogens (tertiary/aromatic N) is 2. The fraction of sp³-hybridized carbons (Fsp3) is 0.292. The van der Waals surface area contributed by atoms with Gasteiger partial charge in [0.25, 0.3) is 5.91 Å². The minimum atomic E-state index is -0.258. The highest BCUT2D eigenvalue weighted by molar-refractivity contribution is 7.18. The van der Waals surface area contributed by atoms with Crippen molar-refractivity contribution >= 4 is 34.2 Å². The smallest absolute Gasteiger partial charge is 0.409 e. The molecule has 0 bridgehead atoms. The maximum atomic E-state index is 13.1. The van der Waals surface area contributed by atoms with Gasteiger partial charge in [0.1, 0.15) is 4.88 Å². The molecular weight excluding hydrogens is 424 g/mol. The quantitative estimate of drug-likeness (QED) is 0.546. The van der Waals surface area contributed by atoms with Gasteiger partial charge in [-0.3, -0.25) is 4.79 Å². The van der Waals surface area contributed by atoms with Crippen molar-refractivity contribution in [3.63, 3.8) is 0 Å². The minimum Gasteiger partial charge on any atom is -0.450 e. The average Bonchev–Trinajstić information content (AvgIpc) is 3.25. The molecule has 0 spiro atoms. The number of likely N-dealkylation sites (tertiary alicyclic amines) is 1. The highest BCUT2D eigenvalue weighted by Gasteiger charge is 2.26. The molecule has 2 N–H and O–H groups in total. The molecule has 1 saturated heterocycles. The normalized spacial score (nSPS) is 14.1. The average molecular weight is 451 g/mol. The van der Waals surface area contributed by atoms with Crippen molar-refractivity contribution in [2.45, 2.75) is 25.8 Å². The first kappa shape index (κ1) is 21.8. The van der Waals surface area contributed by atoms with Gasteiger partial charge >= 0.3 is 6.09 Å². The Morgan fingerprint density at radius 1 is 1.06 bits per heavy atom. The van der Waals surface area contributed by atoms with Crippen LogP contribution in [0.1, 0.15) is 29.4 Å². The molecule has 166 valence electrons. The van der Waals surface area contributed by atoms with Crippen molar-refractivity contribution in [3.8, 4) is 11.3 Å². The molecule has 0 unspecified atom stereocenters. The van der Waals surface area contributed by atoms with Crippen LogP contribution in [0.2, 0.25) is 0 Å². The second-order valence-electron chi connectivity index (χ2n) is 7.49. The Labute approximate surface area is 191 Å². The van der Waals surface area contributed by atoms with E-state index in [0.717, 1.165) is 24.1 Å². The summed E-state index contributed by atoms with van der Waals surface area (Å²) in [5.74, 6) is -0.183. The van der Waals surface area contributed by atoms with Crippen molar-refractivity contribution in [1.29, 1.82) is 0 Å². The van der Waals surface area contributed by atoms with Crippen molar-refractivity contribution < 1.29 is 14.3 Å². The molecule has 4 rings (SSSR count). The van der Waals surface area contributed by atoms with Gasteiger partial charge in [0.05, 0.1) is 12.3 Å². The number of rotatable bonds is 6. The van der Waals surface area contributed by atoms with Gasteiger partial charge in [0.15, 0.2) is 5.13 Å². The third-order valence-electron chi connectivity index (χ3n) is 5.26. The summed E-state index contributed by atoms with van der Waals surface area (Å²) in [5, 5.41) is 7.14. The summed E-state index contributed by atoms with van der Waals surface area (Å²) in [7, 11) is 0. The van der Waals surface area contributed by atoms with Crippen molar-refractivity contribution in [3.05, 3.63) is 65.5 Å². The number of hydrogen-bond acceptors (Lipinski definition) is 6. The number of ether oxygens (including phenoxy) is 1. The highest BCUT2D eigenvalue weighted by atomic mass is 32.1. The topological polar surface area (TPSA) is 83.6 Å². The number of benzene rings is 2. The molecular formula is C24H26N4O3S. The molecule has 1 aliphatic heterocycles. The number of hydrogen-bond donors (Lipinski definition) is 2. The van der Waals surface area contributed by atoms with E-state index in [0.29, 0.717) is 35.4 Å². The molecule has 2 heterocycles. The monoisotopic (exact) mass is 450 g/mol. The van der Waals surface area contributed by atoms with Crippen LogP contribution in [0.15, 0.2) is 60.7 Å². The lowest BCUT2D eigenvalue weighted by Crippen LogP contribution is -2.42. The summed E-state index contributed by atoms with van der Waals surface area (Å²) >= 11 is 1.35. The lowest BCUT2D eigenvalue weighted by molar-refractivity contribution is 0.0982. The van der Waals surface area contributed by atoms with E-state index in [1.54, 1.807) is 4.90 Å². The largest absolute Gasteiger partial charge is 0.450 e. The molecule has 1 aliphatic rings. The number of para-hydroxylation sites is 1. The van der Waals surface area contributed by atoms with Gasteiger partial charge in [0, 0.05) is 30.4 Å². The number of carbonyl (C=O) groups is 2. The standard InChI is InChI=1S/C24H26N4O3S/c1-2-31-24(30)28-15-13-19(14-16-28)26-23-27-20(17-9-5-3-6-10-17)21(32-23)22(29)25-18-11-7-4-8-12-18/h3-12,19H,2,13-16H2,1H3,(H,25,29)(H,26,27). The minimum absolute atomic E-state index is 0.181. The van der Waals surface area contributed by atoms with Crippen molar-refractivity contribution in [2.75, 3.05) is 30.3 Å². The Bertz CT molecular complexity index is 1050. The zero-order valence-corrected chi connectivity index (χ0v) is 18.7. The van der Waals surface area contributed by atoms with E-state index in [-0.39, 0.29) is 18.0 Å². The molecule has 0 radical (unpaired) electrons. The van der Waals surface area contributed by atoms with Crippen molar-refractivity contribution in [2.24, 2.45) is 0 Å². The molecule has 7 nitrogen and oxygen atoms in total. The van der Waals surface area contributed by atoms with Crippen LogP contribution < -0.4 is 10.6 Å². The third kappa shape index (κ3) is 5.26. The second-order valence-corrected chi connectivity index (χ2v) is 8.49. The molecule has 32 heavy (non-hydrogen) atoms. The maximum absolute atomic E-state index is 13.1. The van der Waals surface area contributed by atoms with Crippen LogP contribution in [0.4, 0.5) is 15.6 Å². The number of anilines is 2. The number of aromatic nitrogens is 1. The summed E-state index contributed by atoms with van der Waals surface area (Å²) in [5.41, 5.74) is 2.30. The van der Waals surface area contributed by atoms with E-state index >= 15 is 0 Å². The van der Waals surface area contributed by atoms with Gasteiger partial charge in [-0.1, -0.05) is 59.9 Å². The van der Waals surface area contributed by atoms with Gasteiger partial charge in [-0.2, -0.15) is 0 Å². The molecule has 0 atom stereocenters. The number of nitrogens with one attached hydrogen (secondary N) is 2. The molecule has 0 saturated carbocycles. The first-order valence-electron chi connectivity index (χ1n) is 10.7. The van der Waals surface area contributed by atoms with Crippen LogP contribution in [-0.4, -0.2) is 47.6 Å². The molecule has 1 aromatic heterocycles. The van der Waals surface area contributed by atoms with E-state index in [1.807, 2.05) is 67.6 Å². The van der Waals surface area contributed by atoms with E-state index in [2.05, 4.69) is 10.6 Å². The molecule has 1 fully saturated rings. The zero-order valence-electron chi connectivity index (χ0n) is 17.9. The molecule has 2 amide bonds. The predicted molar refractivity (Wildman–Crippen MR) is 127 cm³/mol. The zero-order chi connectivity index (χ0) is 22.3.